The molecule has 0 rings (SSSR count). The van der Waals surface area contributed by atoms with Crippen molar-refractivity contribution in [1.29, 1.82) is 0 Å². The molecule has 0 aliphatic heterocycles. The minimum Gasteiger partial charge on any atom is -0.329 e. The Hall–Kier alpha value is -0.0800. The van der Waals surface area contributed by atoms with Crippen LogP contribution in [0.1, 0.15) is 34.1 Å². The van der Waals surface area contributed by atoms with Gasteiger partial charge in [-0.2, -0.15) is 0 Å². The lowest BCUT2D eigenvalue weighted by molar-refractivity contribution is 0.350. The van der Waals surface area contributed by atoms with Gasteiger partial charge in [0.2, 0.25) is 0 Å². The maximum absolute atomic E-state index is 5.64. The zero-order chi connectivity index (χ0) is 8.85. The summed E-state index contributed by atoms with van der Waals surface area (Å²) in [7, 11) is 0. The van der Waals surface area contributed by atoms with Gasteiger partial charge in [0.25, 0.3) is 0 Å². The predicted octanol–water partition coefficient (Wildman–Crippen LogP) is 1.36. The molecule has 0 aromatic carbocycles. The Bertz CT molecular complexity index is 91.6. The first-order valence-electron chi connectivity index (χ1n) is 4.57. The van der Waals surface area contributed by atoms with Crippen LogP contribution in [0.25, 0.3) is 0 Å². The van der Waals surface area contributed by atoms with Crippen LogP contribution in [0.2, 0.25) is 0 Å². The third-order valence-electron chi connectivity index (χ3n) is 2.13. The van der Waals surface area contributed by atoms with Gasteiger partial charge in [-0.15, -0.1) is 0 Å². The number of hydrogen-bond donors (Lipinski definition) is 2. The smallest absolute Gasteiger partial charge is 0.0218 e. The fraction of sp³-hybridized carbons (Fsp3) is 1.00. The molecular weight excluding hydrogens is 136 g/mol. The molecule has 3 N–H and O–H groups in total. The van der Waals surface area contributed by atoms with E-state index in [0.29, 0.717) is 18.0 Å². The Balaban J connectivity index is 3.74. The highest BCUT2D eigenvalue weighted by Gasteiger charge is 2.13. The molecule has 0 amide bonds. The first-order valence-corrected chi connectivity index (χ1v) is 4.57. The Labute approximate surface area is 70.5 Å². The maximum Gasteiger partial charge on any atom is 0.0218 e. The van der Waals surface area contributed by atoms with Gasteiger partial charge in [-0.3, -0.25) is 0 Å². The van der Waals surface area contributed by atoms with E-state index in [1.54, 1.807) is 0 Å². The first-order chi connectivity index (χ1) is 5.11. The number of hydrogen-bond acceptors (Lipinski definition) is 2. The Morgan fingerprint density at radius 2 is 1.82 bits per heavy atom. The van der Waals surface area contributed by atoms with Crippen molar-refractivity contribution in [2.24, 2.45) is 11.7 Å². The molecule has 2 unspecified atom stereocenters. The van der Waals surface area contributed by atoms with Crippen LogP contribution in [0.3, 0.4) is 0 Å². The Morgan fingerprint density at radius 3 is 2.09 bits per heavy atom. The quantitative estimate of drug-likeness (QED) is 0.634. The van der Waals surface area contributed by atoms with Crippen LogP contribution in [-0.2, 0) is 0 Å². The molecular formula is C9H22N2. The molecule has 11 heavy (non-hydrogen) atoms. The van der Waals surface area contributed by atoms with Crippen molar-refractivity contribution in [2.75, 3.05) is 6.54 Å². The molecule has 0 heterocycles. The average Bonchev–Trinajstić information content (AvgIpc) is 1.98. The molecule has 0 aromatic rings. The topological polar surface area (TPSA) is 38.0 Å². The summed E-state index contributed by atoms with van der Waals surface area (Å²) in [6.07, 6.45) is 1.20. The molecule has 0 saturated heterocycles. The highest BCUT2D eigenvalue weighted by atomic mass is 15.0. The molecule has 0 aromatic heterocycles. The monoisotopic (exact) mass is 158 g/mol. The van der Waals surface area contributed by atoms with E-state index in [9.17, 15) is 0 Å². The van der Waals surface area contributed by atoms with Crippen LogP contribution in [0.15, 0.2) is 0 Å². The van der Waals surface area contributed by atoms with E-state index in [0.717, 1.165) is 6.54 Å². The molecule has 2 atom stereocenters. The van der Waals surface area contributed by atoms with Crippen LogP contribution < -0.4 is 11.1 Å². The SMILES string of the molecule is CCC(C)C(CN)NC(C)C. The van der Waals surface area contributed by atoms with Gasteiger partial charge < -0.3 is 11.1 Å². The lowest BCUT2D eigenvalue weighted by Crippen LogP contribution is -2.44. The van der Waals surface area contributed by atoms with Gasteiger partial charge in [0.1, 0.15) is 0 Å². The van der Waals surface area contributed by atoms with Crippen LogP contribution in [0, 0.1) is 5.92 Å². The molecule has 0 spiro atoms. The second kappa shape index (κ2) is 5.56. The van der Waals surface area contributed by atoms with E-state index >= 15 is 0 Å². The second-order valence-electron chi connectivity index (χ2n) is 3.55. The summed E-state index contributed by atoms with van der Waals surface area (Å²) in [5.74, 6) is 0.683. The van der Waals surface area contributed by atoms with Crippen LogP contribution in [-0.4, -0.2) is 18.6 Å². The Morgan fingerprint density at radius 1 is 1.27 bits per heavy atom. The third kappa shape index (κ3) is 4.38. The van der Waals surface area contributed by atoms with Gasteiger partial charge in [-0.25, -0.2) is 0 Å². The zero-order valence-electron chi connectivity index (χ0n) is 8.22. The van der Waals surface area contributed by atoms with Crippen LogP contribution >= 0.6 is 0 Å². The van der Waals surface area contributed by atoms with E-state index in [2.05, 4.69) is 33.0 Å². The summed E-state index contributed by atoms with van der Waals surface area (Å²) < 4.78 is 0. The lowest BCUT2D eigenvalue weighted by atomic mass is 9.99. The predicted molar refractivity (Wildman–Crippen MR) is 50.6 cm³/mol. The van der Waals surface area contributed by atoms with Crippen molar-refractivity contribution in [1.82, 2.24) is 5.32 Å². The standard InChI is InChI=1S/C9H22N2/c1-5-8(4)9(6-10)11-7(2)3/h7-9,11H,5-6,10H2,1-4H3. The fourth-order valence-electron chi connectivity index (χ4n) is 1.18. The van der Waals surface area contributed by atoms with Gasteiger partial charge in [0, 0.05) is 18.6 Å². The zero-order valence-corrected chi connectivity index (χ0v) is 8.22. The fourth-order valence-corrected chi connectivity index (χ4v) is 1.18. The van der Waals surface area contributed by atoms with E-state index in [1.807, 2.05) is 0 Å². The van der Waals surface area contributed by atoms with Crippen molar-refractivity contribution >= 4 is 0 Å². The van der Waals surface area contributed by atoms with Gasteiger partial charge in [0.05, 0.1) is 0 Å². The molecule has 0 saturated carbocycles. The minimum atomic E-state index is 0.486. The molecule has 68 valence electrons. The van der Waals surface area contributed by atoms with Crippen LogP contribution in [0.4, 0.5) is 0 Å². The van der Waals surface area contributed by atoms with Gasteiger partial charge in [-0.05, 0) is 5.92 Å². The lowest BCUT2D eigenvalue weighted by Gasteiger charge is -2.24. The van der Waals surface area contributed by atoms with Crippen LogP contribution in [0.5, 0.6) is 0 Å². The van der Waals surface area contributed by atoms with E-state index in [1.165, 1.54) is 6.42 Å². The second-order valence-corrected chi connectivity index (χ2v) is 3.55. The third-order valence-corrected chi connectivity index (χ3v) is 2.13. The average molecular weight is 158 g/mol. The Kier molecular flexibility index (Phi) is 5.51. The summed E-state index contributed by atoms with van der Waals surface area (Å²) in [4.78, 5) is 0. The van der Waals surface area contributed by atoms with Gasteiger partial charge >= 0.3 is 0 Å². The van der Waals surface area contributed by atoms with Crippen molar-refractivity contribution in [2.45, 2.75) is 46.2 Å². The summed E-state index contributed by atoms with van der Waals surface area (Å²) >= 11 is 0. The van der Waals surface area contributed by atoms with E-state index in [4.69, 9.17) is 5.73 Å². The summed E-state index contributed by atoms with van der Waals surface area (Å²) in [6.45, 7) is 9.51. The highest BCUT2D eigenvalue weighted by molar-refractivity contribution is 4.74. The van der Waals surface area contributed by atoms with Gasteiger partial charge in [0.15, 0.2) is 0 Å². The molecule has 0 aliphatic carbocycles. The molecule has 0 bridgehead atoms. The van der Waals surface area contributed by atoms with Crippen molar-refractivity contribution < 1.29 is 0 Å². The first kappa shape index (κ1) is 10.9. The minimum absolute atomic E-state index is 0.486. The number of nitrogens with one attached hydrogen (secondary N) is 1. The number of nitrogens with two attached hydrogens (primary N) is 1. The largest absolute Gasteiger partial charge is 0.329 e. The van der Waals surface area contributed by atoms with Crippen molar-refractivity contribution in [3.63, 3.8) is 0 Å². The maximum atomic E-state index is 5.64. The molecule has 0 aliphatic rings. The van der Waals surface area contributed by atoms with Crippen molar-refractivity contribution in [3.05, 3.63) is 0 Å². The molecule has 2 heteroatoms. The molecule has 0 radical (unpaired) electrons. The summed E-state index contributed by atoms with van der Waals surface area (Å²) in [5.41, 5.74) is 5.64. The summed E-state index contributed by atoms with van der Waals surface area (Å²) in [6, 6.07) is 1.03. The van der Waals surface area contributed by atoms with E-state index < -0.39 is 0 Å². The summed E-state index contributed by atoms with van der Waals surface area (Å²) in [5, 5.41) is 3.46. The van der Waals surface area contributed by atoms with E-state index in [-0.39, 0.29) is 0 Å². The molecule has 0 fully saturated rings. The van der Waals surface area contributed by atoms with Crippen molar-refractivity contribution in [3.8, 4) is 0 Å². The normalized spacial score (nSPS) is 16.9. The number of rotatable bonds is 5. The highest BCUT2D eigenvalue weighted by Crippen LogP contribution is 2.06. The van der Waals surface area contributed by atoms with Gasteiger partial charge in [-0.1, -0.05) is 34.1 Å². The molecule has 2 nitrogen and oxygen atoms in total.